The molecule has 158 valence electrons. The number of rotatable bonds is 6. The molecule has 1 N–H and O–H groups in total. The molecule has 0 unspecified atom stereocenters. The molecule has 4 rings (SSSR count). The monoisotopic (exact) mass is 468 g/mol. The Bertz CT molecular complexity index is 1270. The Balaban J connectivity index is 1.52. The number of carbonyl (C=O) groups excluding carboxylic acids is 1. The maximum atomic E-state index is 12.5. The Labute approximate surface area is 196 Å². The highest BCUT2D eigenvalue weighted by Crippen LogP contribution is 2.31. The summed E-state index contributed by atoms with van der Waals surface area (Å²) in [5.74, 6) is 0.215. The van der Waals surface area contributed by atoms with Gasteiger partial charge >= 0.3 is 0 Å². The molecule has 0 bridgehead atoms. The number of para-hydroxylation sites is 1. The van der Waals surface area contributed by atoms with Gasteiger partial charge in [-0.3, -0.25) is 4.79 Å². The lowest BCUT2D eigenvalue weighted by atomic mass is 10.1. The molecule has 0 aliphatic heterocycles. The second-order valence-electron chi connectivity index (χ2n) is 7.53. The number of amides is 1. The number of aromatic nitrogens is 1. The lowest BCUT2D eigenvalue weighted by Gasteiger charge is -2.09. The van der Waals surface area contributed by atoms with E-state index in [1.54, 1.807) is 18.2 Å². The molecule has 4 aromatic rings. The van der Waals surface area contributed by atoms with Crippen molar-refractivity contribution < 1.29 is 4.79 Å². The van der Waals surface area contributed by atoms with Gasteiger partial charge in [0.1, 0.15) is 0 Å². The predicted octanol–water partition coefficient (Wildman–Crippen LogP) is 7.34. The zero-order chi connectivity index (χ0) is 22.0. The van der Waals surface area contributed by atoms with Gasteiger partial charge in [-0.15, -0.1) is 11.8 Å². The van der Waals surface area contributed by atoms with Crippen LogP contribution in [0.2, 0.25) is 10.0 Å². The van der Waals surface area contributed by atoms with Gasteiger partial charge in [-0.25, -0.2) is 0 Å². The third-order valence-corrected chi connectivity index (χ3v) is 6.94. The van der Waals surface area contributed by atoms with Crippen LogP contribution < -0.4 is 5.32 Å². The Hall–Kier alpha value is -2.40. The van der Waals surface area contributed by atoms with Crippen molar-refractivity contribution in [2.45, 2.75) is 25.3 Å². The van der Waals surface area contributed by atoms with Crippen molar-refractivity contribution in [3.8, 4) is 0 Å². The SMILES string of the molecule is Cc1ccc(C)c(Cn2cc(SCC(=O)Nc3ccc(Cl)c(Cl)c3)c3ccccc32)c1. The molecule has 0 saturated carbocycles. The highest BCUT2D eigenvalue weighted by Gasteiger charge is 2.12. The molecule has 0 radical (unpaired) electrons. The Kier molecular flexibility index (Phi) is 6.61. The summed E-state index contributed by atoms with van der Waals surface area (Å²) >= 11 is 13.5. The average Bonchev–Trinajstić information content (AvgIpc) is 3.10. The van der Waals surface area contributed by atoms with Crippen LogP contribution >= 0.6 is 35.0 Å². The zero-order valence-electron chi connectivity index (χ0n) is 17.3. The lowest BCUT2D eigenvalue weighted by molar-refractivity contribution is -0.113. The number of aryl methyl sites for hydroxylation is 2. The number of halogens is 2. The van der Waals surface area contributed by atoms with Crippen LogP contribution in [-0.4, -0.2) is 16.2 Å². The third kappa shape index (κ3) is 5.09. The van der Waals surface area contributed by atoms with E-state index in [1.165, 1.54) is 28.5 Å². The van der Waals surface area contributed by atoms with Gasteiger partial charge in [0.25, 0.3) is 0 Å². The molecule has 3 nitrogen and oxygen atoms in total. The number of carbonyl (C=O) groups is 1. The largest absolute Gasteiger partial charge is 0.342 e. The van der Waals surface area contributed by atoms with Gasteiger partial charge in [-0.05, 0) is 49.2 Å². The molecule has 1 aromatic heterocycles. The van der Waals surface area contributed by atoms with E-state index >= 15 is 0 Å². The molecule has 6 heteroatoms. The van der Waals surface area contributed by atoms with Gasteiger partial charge in [0.05, 0.1) is 15.8 Å². The van der Waals surface area contributed by atoms with E-state index in [1.807, 2.05) is 12.1 Å². The van der Waals surface area contributed by atoms with Gasteiger partial charge < -0.3 is 9.88 Å². The first-order valence-electron chi connectivity index (χ1n) is 9.92. The second-order valence-corrected chi connectivity index (χ2v) is 9.37. The molecule has 0 atom stereocenters. The van der Waals surface area contributed by atoms with Crippen molar-refractivity contribution in [1.29, 1.82) is 0 Å². The van der Waals surface area contributed by atoms with Crippen LogP contribution in [0.3, 0.4) is 0 Å². The van der Waals surface area contributed by atoms with E-state index in [2.05, 4.69) is 60.3 Å². The summed E-state index contributed by atoms with van der Waals surface area (Å²) in [6.45, 7) is 5.05. The molecular formula is C25H22Cl2N2OS. The second kappa shape index (κ2) is 9.39. The van der Waals surface area contributed by atoms with Crippen LogP contribution in [0.4, 0.5) is 5.69 Å². The van der Waals surface area contributed by atoms with E-state index < -0.39 is 0 Å². The molecule has 1 heterocycles. The summed E-state index contributed by atoms with van der Waals surface area (Å²) in [4.78, 5) is 13.6. The standard InChI is InChI=1S/C25H22Cl2N2OS/c1-16-7-8-17(2)18(11-16)13-29-14-24(20-5-3-4-6-23(20)29)31-15-25(30)28-19-9-10-21(26)22(27)12-19/h3-12,14H,13,15H2,1-2H3,(H,28,30). The number of anilines is 1. The lowest BCUT2D eigenvalue weighted by Crippen LogP contribution is -2.13. The fourth-order valence-electron chi connectivity index (χ4n) is 3.53. The Morgan fingerprint density at radius 3 is 2.61 bits per heavy atom. The number of hydrogen-bond donors (Lipinski definition) is 1. The quantitative estimate of drug-likeness (QED) is 0.300. The summed E-state index contributed by atoms with van der Waals surface area (Å²) in [5, 5.41) is 4.91. The number of nitrogens with one attached hydrogen (secondary N) is 1. The van der Waals surface area contributed by atoms with Crippen molar-refractivity contribution in [3.63, 3.8) is 0 Å². The topological polar surface area (TPSA) is 34.0 Å². The zero-order valence-corrected chi connectivity index (χ0v) is 19.6. The maximum Gasteiger partial charge on any atom is 0.234 e. The number of thioether (sulfide) groups is 1. The van der Waals surface area contributed by atoms with Crippen LogP contribution in [0.15, 0.2) is 71.8 Å². The highest BCUT2D eigenvalue weighted by atomic mass is 35.5. The van der Waals surface area contributed by atoms with Crippen molar-refractivity contribution in [1.82, 2.24) is 4.57 Å². The normalized spacial score (nSPS) is 11.1. The number of fused-ring (bicyclic) bond motifs is 1. The fraction of sp³-hybridized carbons (Fsp3) is 0.160. The van der Waals surface area contributed by atoms with E-state index in [9.17, 15) is 4.79 Å². The van der Waals surface area contributed by atoms with Crippen LogP contribution in [0.1, 0.15) is 16.7 Å². The van der Waals surface area contributed by atoms with Crippen molar-refractivity contribution in [3.05, 3.63) is 93.6 Å². The third-order valence-electron chi connectivity index (χ3n) is 5.16. The number of nitrogens with zero attached hydrogens (tertiary/aromatic N) is 1. The Morgan fingerprint density at radius 2 is 1.81 bits per heavy atom. The molecule has 0 aliphatic carbocycles. The van der Waals surface area contributed by atoms with Gasteiger partial charge in [-0.2, -0.15) is 0 Å². The first-order chi connectivity index (χ1) is 14.9. The summed E-state index contributed by atoms with van der Waals surface area (Å²) in [5.41, 5.74) is 5.63. The minimum absolute atomic E-state index is 0.0882. The van der Waals surface area contributed by atoms with Crippen molar-refractivity contribution >= 4 is 57.5 Å². The first kappa shape index (κ1) is 21.8. The van der Waals surface area contributed by atoms with Gasteiger partial charge in [0.2, 0.25) is 5.91 Å². The smallest absolute Gasteiger partial charge is 0.234 e. The molecule has 3 aromatic carbocycles. The molecule has 0 fully saturated rings. The van der Waals surface area contributed by atoms with Crippen LogP contribution in [-0.2, 0) is 11.3 Å². The van der Waals surface area contributed by atoms with E-state index in [-0.39, 0.29) is 5.91 Å². The molecule has 1 amide bonds. The maximum absolute atomic E-state index is 12.5. The summed E-state index contributed by atoms with van der Waals surface area (Å²) in [6, 6.07) is 19.9. The summed E-state index contributed by atoms with van der Waals surface area (Å²) < 4.78 is 2.26. The first-order valence-corrected chi connectivity index (χ1v) is 11.7. The van der Waals surface area contributed by atoms with Crippen LogP contribution in [0.25, 0.3) is 10.9 Å². The van der Waals surface area contributed by atoms with Crippen molar-refractivity contribution in [2.75, 3.05) is 11.1 Å². The highest BCUT2D eigenvalue weighted by molar-refractivity contribution is 8.00. The van der Waals surface area contributed by atoms with Crippen LogP contribution in [0.5, 0.6) is 0 Å². The van der Waals surface area contributed by atoms with E-state index in [0.717, 1.165) is 22.3 Å². The Morgan fingerprint density at radius 1 is 1.00 bits per heavy atom. The molecular weight excluding hydrogens is 447 g/mol. The summed E-state index contributed by atoms with van der Waals surface area (Å²) in [7, 11) is 0. The molecule has 0 saturated heterocycles. The average molecular weight is 469 g/mol. The van der Waals surface area contributed by atoms with Gasteiger partial charge in [0.15, 0.2) is 0 Å². The van der Waals surface area contributed by atoms with Gasteiger partial charge in [0, 0.05) is 34.2 Å². The van der Waals surface area contributed by atoms with Crippen LogP contribution in [0, 0.1) is 13.8 Å². The molecule has 31 heavy (non-hydrogen) atoms. The fourth-order valence-corrected chi connectivity index (χ4v) is 4.71. The van der Waals surface area contributed by atoms with E-state index in [4.69, 9.17) is 23.2 Å². The van der Waals surface area contributed by atoms with Gasteiger partial charge in [-0.1, -0.05) is 65.2 Å². The molecule has 0 aliphatic rings. The predicted molar refractivity (Wildman–Crippen MR) is 133 cm³/mol. The number of hydrogen-bond acceptors (Lipinski definition) is 2. The van der Waals surface area contributed by atoms with Crippen molar-refractivity contribution in [2.24, 2.45) is 0 Å². The minimum Gasteiger partial charge on any atom is -0.342 e. The number of benzene rings is 3. The molecule has 0 spiro atoms. The van der Waals surface area contributed by atoms with E-state index in [0.29, 0.717) is 21.5 Å². The summed E-state index contributed by atoms with van der Waals surface area (Å²) in [6.07, 6.45) is 2.14. The minimum atomic E-state index is -0.0882.